The van der Waals surface area contributed by atoms with Crippen LogP contribution in [0.4, 0.5) is 10.1 Å². The van der Waals surface area contributed by atoms with Crippen LogP contribution in [0.1, 0.15) is 5.56 Å². The average Bonchev–Trinajstić information content (AvgIpc) is 2.51. The van der Waals surface area contributed by atoms with Crippen LogP contribution in [-0.4, -0.2) is 16.6 Å². The molecule has 0 bridgehead atoms. The molecule has 0 radical (unpaired) electrons. The van der Waals surface area contributed by atoms with E-state index in [4.69, 9.17) is 10.3 Å². The summed E-state index contributed by atoms with van der Waals surface area (Å²) in [5.74, 6) is -0.538. The van der Waals surface area contributed by atoms with Crippen LogP contribution in [0.5, 0.6) is 6.01 Å². The van der Waals surface area contributed by atoms with E-state index in [0.29, 0.717) is 5.70 Å². The number of hydrogen-bond donors (Lipinski definition) is 2. The number of aryl methyl sites for hydroxylation is 1. The van der Waals surface area contributed by atoms with Gasteiger partial charge in [0.05, 0.1) is 12.4 Å². The van der Waals surface area contributed by atoms with E-state index < -0.39 is 5.82 Å². The van der Waals surface area contributed by atoms with Gasteiger partial charge < -0.3 is 10.1 Å². The van der Waals surface area contributed by atoms with Crippen molar-refractivity contribution in [2.24, 2.45) is 5.11 Å². The SMILES string of the molecule is Cc1ccc(N/C=C(/COc2ncc(F)cn2)N=N)cc1. The molecule has 7 heteroatoms. The summed E-state index contributed by atoms with van der Waals surface area (Å²) in [5.41, 5.74) is 9.48. The first-order valence-corrected chi connectivity index (χ1v) is 6.17. The number of hydrogen-bond acceptors (Lipinski definition) is 6. The summed E-state index contributed by atoms with van der Waals surface area (Å²) in [6.45, 7) is 2.01. The van der Waals surface area contributed by atoms with Gasteiger partial charge in [-0.25, -0.2) is 19.9 Å². The van der Waals surface area contributed by atoms with Crippen molar-refractivity contribution >= 4 is 5.69 Å². The minimum atomic E-state index is -0.538. The highest BCUT2D eigenvalue weighted by Crippen LogP contribution is 2.10. The van der Waals surface area contributed by atoms with Gasteiger partial charge in [-0.1, -0.05) is 17.7 Å². The molecular formula is C14H14FN5O. The summed E-state index contributed by atoms with van der Waals surface area (Å²) in [5, 5.41) is 6.36. The molecule has 1 aromatic carbocycles. The number of halogens is 1. The average molecular weight is 287 g/mol. The molecule has 21 heavy (non-hydrogen) atoms. The van der Waals surface area contributed by atoms with E-state index in [0.717, 1.165) is 23.6 Å². The normalized spacial score (nSPS) is 11.0. The molecule has 0 atom stereocenters. The third-order valence-corrected chi connectivity index (χ3v) is 2.55. The van der Waals surface area contributed by atoms with Gasteiger partial charge in [-0.15, -0.1) is 0 Å². The van der Waals surface area contributed by atoms with Gasteiger partial charge in [0.15, 0.2) is 5.82 Å². The van der Waals surface area contributed by atoms with Crippen LogP contribution in [0.3, 0.4) is 0 Å². The Hall–Kier alpha value is -2.83. The molecule has 1 heterocycles. The van der Waals surface area contributed by atoms with Gasteiger partial charge >= 0.3 is 6.01 Å². The molecule has 0 unspecified atom stereocenters. The van der Waals surface area contributed by atoms with E-state index in [2.05, 4.69) is 20.4 Å². The molecule has 0 aliphatic heterocycles. The van der Waals surface area contributed by atoms with Gasteiger partial charge in [0, 0.05) is 11.9 Å². The molecule has 0 saturated heterocycles. The Balaban J connectivity index is 1.92. The van der Waals surface area contributed by atoms with Crippen LogP contribution in [0.25, 0.3) is 0 Å². The number of nitrogens with zero attached hydrogens (tertiary/aromatic N) is 3. The summed E-state index contributed by atoms with van der Waals surface area (Å²) < 4.78 is 17.8. The second kappa shape index (κ2) is 7.09. The van der Waals surface area contributed by atoms with Gasteiger partial charge in [0.2, 0.25) is 0 Å². The Morgan fingerprint density at radius 2 is 2.00 bits per heavy atom. The Bertz CT molecular complexity index is 625. The molecule has 2 rings (SSSR count). The molecule has 108 valence electrons. The second-order valence-electron chi connectivity index (χ2n) is 4.23. The predicted molar refractivity (Wildman–Crippen MR) is 75.5 cm³/mol. The number of benzene rings is 1. The van der Waals surface area contributed by atoms with Crippen molar-refractivity contribution in [2.45, 2.75) is 6.92 Å². The monoisotopic (exact) mass is 287 g/mol. The largest absolute Gasteiger partial charge is 0.457 e. The molecule has 0 aliphatic carbocycles. The summed E-state index contributed by atoms with van der Waals surface area (Å²) in [4.78, 5) is 7.31. The zero-order valence-electron chi connectivity index (χ0n) is 11.4. The second-order valence-corrected chi connectivity index (χ2v) is 4.23. The Morgan fingerprint density at radius 1 is 1.33 bits per heavy atom. The Morgan fingerprint density at radius 3 is 2.62 bits per heavy atom. The van der Waals surface area contributed by atoms with Crippen LogP contribution < -0.4 is 10.1 Å². The molecule has 0 aliphatic rings. The first kappa shape index (κ1) is 14.6. The maximum atomic E-state index is 12.6. The van der Waals surface area contributed by atoms with E-state index in [1.54, 1.807) is 6.20 Å². The van der Waals surface area contributed by atoms with Crippen molar-refractivity contribution in [2.75, 3.05) is 11.9 Å². The molecule has 0 saturated carbocycles. The van der Waals surface area contributed by atoms with Gasteiger partial charge in [0.1, 0.15) is 12.3 Å². The molecule has 1 aromatic heterocycles. The minimum absolute atomic E-state index is 0.00793. The number of ether oxygens (including phenoxy) is 1. The van der Waals surface area contributed by atoms with E-state index >= 15 is 0 Å². The topological polar surface area (TPSA) is 83.2 Å². The van der Waals surface area contributed by atoms with E-state index in [-0.39, 0.29) is 12.6 Å². The fourth-order valence-electron chi connectivity index (χ4n) is 1.44. The zero-order valence-corrected chi connectivity index (χ0v) is 11.4. The fourth-order valence-corrected chi connectivity index (χ4v) is 1.44. The summed E-state index contributed by atoms with van der Waals surface area (Å²) >= 11 is 0. The maximum absolute atomic E-state index is 12.6. The maximum Gasteiger partial charge on any atom is 0.316 e. The van der Waals surface area contributed by atoms with Crippen molar-refractivity contribution in [3.05, 3.63) is 59.9 Å². The molecule has 0 fully saturated rings. The van der Waals surface area contributed by atoms with E-state index in [9.17, 15) is 4.39 Å². The van der Waals surface area contributed by atoms with Crippen molar-refractivity contribution in [1.29, 1.82) is 5.53 Å². The van der Waals surface area contributed by atoms with Gasteiger partial charge in [0.25, 0.3) is 0 Å². The van der Waals surface area contributed by atoms with Crippen LogP contribution in [0.15, 0.2) is 53.7 Å². The lowest BCUT2D eigenvalue weighted by Gasteiger charge is -2.05. The van der Waals surface area contributed by atoms with Crippen molar-refractivity contribution in [1.82, 2.24) is 9.97 Å². The third kappa shape index (κ3) is 4.64. The van der Waals surface area contributed by atoms with Crippen molar-refractivity contribution in [3.63, 3.8) is 0 Å². The van der Waals surface area contributed by atoms with Gasteiger partial charge in [-0.05, 0) is 19.1 Å². The number of nitrogens with one attached hydrogen (secondary N) is 2. The lowest BCUT2D eigenvalue weighted by molar-refractivity contribution is 0.318. The zero-order chi connectivity index (χ0) is 15.1. The van der Waals surface area contributed by atoms with Crippen LogP contribution >= 0.6 is 0 Å². The molecule has 0 amide bonds. The smallest absolute Gasteiger partial charge is 0.316 e. The molecule has 2 aromatic rings. The Labute approximate surface area is 121 Å². The van der Waals surface area contributed by atoms with Crippen molar-refractivity contribution < 1.29 is 9.13 Å². The highest BCUT2D eigenvalue weighted by atomic mass is 19.1. The van der Waals surface area contributed by atoms with E-state index in [1.807, 2.05) is 31.2 Å². The highest BCUT2D eigenvalue weighted by Gasteiger charge is 2.01. The van der Waals surface area contributed by atoms with Gasteiger partial charge in [-0.3, -0.25) is 0 Å². The number of rotatable bonds is 6. The molecule has 6 nitrogen and oxygen atoms in total. The first-order chi connectivity index (χ1) is 10.2. The highest BCUT2D eigenvalue weighted by molar-refractivity contribution is 5.47. The van der Waals surface area contributed by atoms with Crippen LogP contribution in [0, 0.1) is 18.3 Å². The van der Waals surface area contributed by atoms with Crippen LogP contribution in [0.2, 0.25) is 0 Å². The summed E-state index contributed by atoms with van der Waals surface area (Å²) in [7, 11) is 0. The third-order valence-electron chi connectivity index (χ3n) is 2.55. The lowest BCUT2D eigenvalue weighted by atomic mass is 10.2. The van der Waals surface area contributed by atoms with Gasteiger partial charge in [-0.2, -0.15) is 5.11 Å². The quantitative estimate of drug-likeness (QED) is 0.798. The molecule has 0 spiro atoms. The molecule has 2 N–H and O–H groups in total. The summed E-state index contributed by atoms with van der Waals surface area (Å²) in [6, 6.07) is 7.79. The Kier molecular flexibility index (Phi) is 4.92. The first-order valence-electron chi connectivity index (χ1n) is 6.17. The lowest BCUT2D eigenvalue weighted by Crippen LogP contribution is -2.04. The van der Waals surface area contributed by atoms with E-state index in [1.165, 1.54) is 0 Å². The van der Waals surface area contributed by atoms with Crippen LogP contribution in [-0.2, 0) is 0 Å². The number of anilines is 1. The summed E-state index contributed by atoms with van der Waals surface area (Å²) in [6.07, 6.45) is 3.57. The molecular weight excluding hydrogens is 273 g/mol. The fraction of sp³-hybridized carbons (Fsp3) is 0.143. The number of aromatic nitrogens is 2. The predicted octanol–water partition coefficient (Wildman–Crippen LogP) is 3.29. The minimum Gasteiger partial charge on any atom is -0.457 e. The standard InChI is InChI=1S/C14H14FN5O/c1-10-2-4-12(5-3-10)17-8-13(20-16)9-21-14-18-6-11(15)7-19-14/h2-8,16-17H,9H2,1H3/b13-8-,20-16?. The van der Waals surface area contributed by atoms with Crippen molar-refractivity contribution in [3.8, 4) is 6.01 Å².